The van der Waals surface area contributed by atoms with Crippen molar-refractivity contribution < 1.29 is 22.7 Å². The summed E-state index contributed by atoms with van der Waals surface area (Å²) >= 11 is 0. The van der Waals surface area contributed by atoms with Crippen molar-refractivity contribution in [3.05, 3.63) is 58.8 Å². The first-order valence-corrected chi connectivity index (χ1v) is 10.6. The van der Waals surface area contributed by atoms with E-state index in [2.05, 4.69) is 11.3 Å². The van der Waals surface area contributed by atoms with Crippen molar-refractivity contribution in [2.75, 3.05) is 31.6 Å². The fraction of sp³-hybridized carbons (Fsp3) is 0.364. The second-order valence-corrected chi connectivity index (χ2v) is 8.37. The van der Waals surface area contributed by atoms with Gasteiger partial charge in [0, 0.05) is 44.0 Å². The maximum Gasteiger partial charge on any atom is 0.408 e. The van der Waals surface area contributed by atoms with Crippen molar-refractivity contribution in [3.8, 4) is 16.9 Å². The average Bonchev–Trinajstić information content (AvgIpc) is 2.68. The summed E-state index contributed by atoms with van der Waals surface area (Å²) in [5, 5.41) is 0. The van der Waals surface area contributed by atoms with E-state index in [0.717, 1.165) is 11.3 Å². The molecule has 1 atom stereocenters. The first kappa shape index (κ1) is 23.9. The number of carbonyl (C=O) groups is 1. The Morgan fingerprint density at radius 2 is 1.91 bits per heavy atom. The van der Waals surface area contributed by atoms with Gasteiger partial charge in [-0.15, -0.1) is 0 Å². The number of amides is 1. The Hall–Kier alpha value is -2.80. The molecule has 1 amide bonds. The molecule has 1 aromatic carbocycles. The van der Waals surface area contributed by atoms with Gasteiger partial charge < -0.3 is 19.1 Å². The van der Waals surface area contributed by atoms with Gasteiger partial charge in [0.05, 0.1) is 11.7 Å². The van der Waals surface area contributed by atoms with Gasteiger partial charge in [0.15, 0.2) is 5.83 Å². The van der Waals surface area contributed by atoms with E-state index in [0.29, 0.717) is 17.7 Å². The minimum Gasteiger partial charge on any atom is -0.430 e. The lowest BCUT2D eigenvalue weighted by Crippen LogP contribution is -2.53. The number of pyridine rings is 1. The summed E-state index contributed by atoms with van der Waals surface area (Å²) < 4.78 is 45.5. The monoisotopic (exact) mass is 467 g/mol. The highest BCUT2D eigenvalue weighted by molar-refractivity contribution is 7.17. The van der Waals surface area contributed by atoms with Gasteiger partial charge in [-0.2, -0.15) is 8.78 Å². The Labute approximate surface area is 186 Å². The maximum absolute atomic E-state index is 13.1. The van der Waals surface area contributed by atoms with Gasteiger partial charge in [-0.3, -0.25) is 9.59 Å². The summed E-state index contributed by atoms with van der Waals surface area (Å²) in [5.74, 6) is -5.19. The number of ether oxygens (including phenoxy) is 1. The van der Waals surface area contributed by atoms with E-state index < -0.39 is 17.6 Å². The van der Waals surface area contributed by atoms with E-state index in [1.165, 1.54) is 26.3 Å². The summed E-state index contributed by atoms with van der Waals surface area (Å²) in [6, 6.07) is 5.86. The third kappa shape index (κ3) is 4.83. The Morgan fingerprint density at radius 3 is 2.41 bits per heavy atom. The quantitative estimate of drug-likeness (QED) is 0.457. The molecular weight excluding hydrogens is 442 g/mol. The van der Waals surface area contributed by atoms with Crippen LogP contribution >= 0.6 is 9.24 Å². The number of hydrogen-bond donors (Lipinski definition) is 0. The zero-order valence-corrected chi connectivity index (χ0v) is 19.2. The number of anilines is 1. The molecule has 1 aliphatic heterocycles. The van der Waals surface area contributed by atoms with Crippen molar-refractivity contribution in [2.24, 2.45) is 0 Å². The lowest BCUT2D eigenvalue weighted by Gasteiger charge is -2.40. The maximum atomic E-state index is 13.1. The second-order valence-electron chi connectivity index (χ2n) is 7.70. The van der Waals surface area contributed by atoms with E-state index in [4.69, 9.17) is 0 Å². The molecule has 6 nitrogen and oxygen atoms in total. The Kier molecular flexibility index (Phi) is 6.69. The lowest BCUT2D eigenvalue weighted by molar-refractivity contribution is -0.134. The minimum atomic E-state index is -3.38. The summed E-state index contributed by atoms with van der Waals surface area (Å²) in [6.45, 7) is 7.72. The Morgan fingerprint density at radius 1 is 1.31 bits per heavy atom. The molecule has 0 N–H and O–H groups in total. The predicted octanol–water partition coefficient (Wildman–Crippen LogP) is 3.95. The molecule has 1 saturated heterocycles. The van der Waals surface area contributed by atoms with Crippen LogP contribution in [0.5, 0.6) is 5.75 Å². The highest BCUT2D eigenvalue weighted by atomic mass is 31.0. The van der Waals surface area contributed by atoms with Crippen LogP contribution in [0.1, 0.15) is 18.5 Å². The molecule has 1 aromatic heterocycles. The van der Waals surface area contributed by atoms with Crippen LogP contribution in [-0.4, -0.2) is 47.9 Å². The topological polar surface area (TPSA) is 54.8 Å². The summed E-state index contributed by atoms with van der Waals surface area (Å²) in [7, 11) is 3.18. The van der Waals surface area contributed by atoms with E-state index in [1.807, 2.05) is 18.9 Å². The summed E-state index contributed by atoms with van der Waals surface area (Å²) in [5.41, 5.74) is 2.48. The van der Waals surface area contributed by atoms with E-state index in [-0.39, 0.29) is 30.4 Å². The van der Waals surface area contributed by atoms with Crippen LogP contribution in [0.25, 0.3) is 11.1 Å². The number of likely N-dealkylation sites (tertiary alicyclic amines) is 1. The first-order valence-electron chi connectivity index (χ1n) is 9.99. The van der Waals surface area contributed by atoms with E-state index in [9.17, 15) is 22.8 Å². The van der Waals surface area contributed by atoms with Gasteiger partial charge in [-0.05, 0) is 40.8 Å². The zero-order chi connectivity index (χ0) is 23.8. The molecule has 32 heavy (non-hydrogen) atoms. The number of aromatic nitrogens is 1. The fourth-order valence-corrected chi connectivity index (χ4v) is 3.85. The molecule has 10 heteroatoms. The number of alkyl halides is 2. The van der Waals surface area contributed by atoms with Crippen LogP contribution < -0.4 is 15.2 Å². The third-order valence-electron chi connectivity index (χ3n) is 5.48. The molecule has 0 saturated carbocycles. The average molecular weight is 467 g/mol. The molecule has 1 unspecified atom stereocenters. The standard InChI is InChI=1S/C22H25F3N3O3P/c1-5-26(4)19-13(2)20(29)28(16-10-27(11-16)21(30)14(3)23)12-18(19)15-6-8-17(9-7-15)31-22(24,25)32/h6-9,12,16H,3,5,10-11,32H2,1-2,4H3. The molecule has 0 radical (unpaired) electrons. The first-order chi connectivity index (χ1) is 14.9. The molecule has 172 valence electrons. The minimum absolute atomic E-state index is 0.00351. The molecule has 2 heterocycles. The third-order valence-corrected chi connectivity index (χ3v) is 5.60. The number of benzene rings is 1. The number of nitrogens with zero attached hydrogens (tertiary/aromatic N) is 3. The van der Waals surface area contributed by atoms with E-state index in [1.54, 1.807) is 29.8 Å². The molecule has 0 aliphatic carbocycles. The molecule has 2 aromatic rings. The molecule has 1 aliphatic rings. The summed E-state index contributed by atoms with van der Waals surface area (Å²) in [6.07, 6.45) is 1.70. The highest BCUT2D eigenvalue weighted by Crippen LogP contribution is 2.35. The number of carbonyl (C=O) groups excluding carboxylic acids is 1. The normalized spacial score (nSPS) is 14.2. The molecule has 0 bridgehead atoms. The molecule has 1 fully saturated rings. The van der Waals surface area contributed by atoms with Crippen molar-refractivity contribution in [1.29, 1.82) is 0 Å². The molecule has 3 rings (SSSR count). The zero-order valence-electron chi connectivity index (χ0n) is 18.1. The number of rotatable bonds is 7. The van der Waals surface area contributed by atoms with Gasteiger partial charge in [-0.1, -0.05) is 18.7 Å². The fourth-order valence-electron chi connectivity index (χ4n) is 3.72. The Bertz CT molecular complexity index is 1090. The van der Waals surface area contributed by atoms with Crippen LogP contribution in [0.15, 0.2) is 47.7 Å². The van der Waals surface area contributed by atoms with Crippen molar-refractivity contribution in [3.63, 3.8) is 0 Å². The molecular formula is C22H25F3N3O3P. The summed E-state index contributed by atoms with van der Waals surface area (Å²) in [4.78, 5) is 28.0. The van der Waals surface area contributed by atoms with Crippen LogP contribution in [0.4, 0.5) is 18.9 Å². The lowest BCUT2D eigenvalue weighted by atomic mass is 10.00. The van der Waals surface area contributed by atoms with Crippen molar-refractivity contribution in [1.82, 2.24) is 9.47 Å². The van der Waals surface area contributed by atoms with Crippen molar-refractivity contribution >= 4 is 20.8 Å². The van der Waals surface area contributed by atoms with Crippen LogP contribution in [0.3, 0.4) is 0 Å². The van der Waals surface area contributed by atoms with Crippen LogP contribution in [0, 0.1) is 6.92 Å². The highest BCUT2D eigenvalue weighted by Gasteiger charge is 2.34. The van der Waals surface area contributed by atoms with Gasteiger partial charge in [-0.25, -0.2) is 4.39 Å². The second kappa shape index (κ2) is 8.98. The SMILES string of the molecule is C=C(F)C(=O)N1CC(n2cc(-c3ccc(OC(F)(F)P)cc3)c(N(C)CC)c(C)c2=O)C1. The van der Waals surface area contributed by atoms with Gasteiger partial charge in [0.25, 0.3) is 11.5 Å². The van der Waals surface area contributed by atoms with Gasteiger partial charge >= 0.3 is 5.85 Å². The Balaban J connectivity index is 2.02. The van der Waals surface area contributed by atoms with E-state index >= 15 is 0 Å². The van der Waals surface area contributed by atoms with Crippen molar-refractivity contribution in [2.45, 2.75) is 25.7 Å². The largest absolute Gasteiger partial charge is 0.430 e. The number of hydrogen-bond acceptors (Lipinski definition) is 4. The van der Waals surface area contributed by atoms with Gasteiger partial charge in [0.1, 0.15) is 5.75 Å². The van der Waals surface area contributed by atoms with Crippen LogP contribution in [0.2, 0.25) is 0 Å². The smallest absolute Gasteiger partial charge is 0.408 e. The molecule has 0 spiro atoms. The predicted molar refractivity (Wildman–Crippen MR) is 121 cm³/mol. The van der Waals surface area contributed by atoms with Gasteiger partial charge in [0.2, 0.25) is 0 Å². The number of halogens is 3. The van der Waals surface area contributed by atoms with Crippen LogP contribution in [-0.2, 0) is 4.79 Å².